The molecule has 0 saturated carbocycles. The van der Waals surface area contributed by atoms with Gasteiger partial charge in [0.05, 0.1) is 6.10 Å². The molecule has 1 fully saturated rings. The lowest BCUT2D eigenvalue weighted by molar-refractivity contribution is 0.198. The average Bonchev–Trinajstić information content (AvgIpc) is 2.65. The van der Waals surface area contributed by atoms with Gasteiger partial charge in [-0.15, -0.1) is 0 Å². The number of rotatable bonds is 2. The molecule has 1 aliphatic heterocycles. The molecule has 0 bridgehead atoms. The number of nitrogens with zero attached hydrogens (tertiary/aromatic N) is 3. The highest BCUT2D eigenvalue weighted by Gasteiger charge is 2.21. The molecule has 4 nitrogen and oxygen atoms in total. The Balaban J connectivity index is 2.15. The predicted molar refractivity (Wildman–Crippen MR) is 56.6 cm³/mol. The molecule has 2 rings (SSSR count). The molecule has 0 amide bonds. The largest absolute Gasteiger partial charge is 0.391 e. The van der Waals surface area contributed by atoms with Crippen molar-refractivity contribution in [1.82, 2.24) is 9.97 Å². The summed E-state index contributed by atoms with van der Waals surface area (Å²) in [4.78, 5) is 10.6. The quantitative estimate of drug-likeness (QED) is 0.578. The van der Waals surface area contributed by atoms with Gasteiger partial charge in [0.25, 0.3) is 0 Å². The second-order valence-electron chi connectivity index (χ2n) is 3.29. The van der Waals surface area contributed by atoms with E-state index in [1.54, 1.807) is 6.20 Å². The maximum Gasteiger partial charge on any atom is 0.189 e. The fraction of sp³-hybridized carbons (Fsp3) is 0.556. The van der Waals surface area contributed by atoms with E-state index in [2.05, 4.69) is 14.9 Å². The van der Waals surface area contributed by atoms with E-state index in [-0.39, 0.29) is 6.10 Å². The number of aliphatic hydroxyl groups excluding tert-OH is 1. The smallest absolute Gasteiger partial charge is 0.189 e. The van der Waals surface area contributed by atoms with Crippen LogP contribution in [0, 0.1) is 0 Å². The molecule has 1 saturated heterocycles. The van der Waals surface area contributed by atoms with Crippen LogP contribution in [0.25, 0.3) is 0 Å². The number of thioether (sulfide) groups is 1. The second-order valence-corrected chi connectivity index (χ2v) is 4.06. The Bertz CT molecular complexity index is 321. The maximum atomic E-state index is 9.40. The van der Waals surface area contributed by atoms with Crippen LogP contribution in [0.4, 0.5) is 5.82 Å². The molecule has 1 aromatic heterocycles. The third kappa shape index (κ3) is 1.99. The van der Waals surface area contributed by atoms with Crippen molar-refractivity contribution in [3.63, 3.8) is 0 Å². The molecule has 0 aliphatic carbocycles. The molecule has 1 aliphatic rings. The number of hydrogen-bond acceptors (Lipinski definition) is 5. The Kier molecular flexibility index (Phi) is 2.88. The van der Waals surface area contributed by atoms with Crippen molar-refractivity contribution in [2.45, 2.75) is 17.7 Å². The number of aliphatic hydroxyl groups is 1. The molecule has 14 heavy (non-hydrogen) atoms. The summed E-state index contributed by atoms with van der Waals surface area (Å²) in [5.41, 5.74) is 0. The van der Waals surface area contributed by atoms with Crippen molar-refractivity contribution >= 4 is 17.6 Å². The van der Waals surface area contributed by atoms with Gasteiger partial charge in [-0.3, -0.25) is 0 Å². The predicted octanol–water partition coefficient (Wildman–Crippen LogP) is 0.770. The maximum absolute atomic E-state index is 9.40. The average molecular weight is 211 g/mol. The Hall–Kier alpha value is -0.810. The highest BCUT2D eigenvalue weighted by Crippen LogP contribution is 2.19. The molecular formula is C9H13N3OS. The lowest BCUT2D eigenvalue weighted by Gasteiger charge is -2.16. The van der Waals surface area contributed by atoms with Gasteiger partial charge in [0.1, 0.15) is 5.82 Å². The van der Waals surface area contributed by atoms with E-state index in [0.29, 0.717) is 6.54 Å². The molecule has 1 unspecified atom stereocenters. The van der Waals surface area contributed by atoms with Crippen LogP contribution in [-0.4, -0.2) is 40.5 Å². The van der Waals surface area contributed by atoms with Gasteiger partial charge in [-0.05, 0) is 18.7 Å². The molecule has 1 aromatic rings. The van der Waals surface area contributed by atoms with Crippen molar-refractivity contribution in [2.75, 3.05) is 24.2 Å². The van der Waals surface area contributed by atoms with Crippen LogP contribution in [-0.2, 0) is 0 Å². The van der Waals surface area contributed by atoms with Gasteiger partial charge in [0, 0.05) is 19.3 Å². The first-order chi connectivity index (χ1) is 6.79. The zero-order valence-electron chi connectivity index (χ0n) is 8.05. The van der Waals surface area contributed by atoms with Crippen LogP contribution < -0.4 is 4.90 Å². The van der Waals surface area contributed by atoms with Gasteiger partial charge in [0.15, 0.2) is 5.16 Å². The molecule has 76 valence electrons. The van der Waals surface area contributed by atoms with Gasteiger partial charge < -0.3 is 10.0 Å². The van der Waals surface area contributed by atoms with E-state index in [1.165, 1.54) is 11.8 Å². The molecular weight excluding hydrogens is 198 g/mol. The Labute approximate surface area is 87.4 Å². The first kappa shape index (κ1) is 9.73. The molecule has 0 radical (unpaired) electrons. The number of anilines is 1. The minimum atomic E-state index is -0.206. The summed E-state index contributed by atoms with van der Waals surface area (Å²) in [7, 11) is 0. The van der Waals surface area contributed by atoms with Gasteiger partial charge in [-0.25, -0.2) is 9.97 Å². The number of aromatic nitrogens is 2. The van der Waals surface area contributed by atoms with E-state index in [1.807, 2.05) is 12.3 Å². The van der Waals surface area contributed by atoms with Crippen LogP contribution in [0.1, 0.15) is 6.42 Å². The van der Waals surface area contributed by atoms with E-state index < -0.39 is 0 Å². The first-order valence-electron chi connectivity index (χ1n) is 4.59. The molecule has 1 N–H and O–H groups in total. The van der Waals surface area contributed by atoms with Crippen molar-refractivity contribution in [3.05, 3.63) is 12.3 Å². The van der Waals surface area contributed by atoms with E-state index in [4.69, 9.17) is 0 Å². The van der Waals surface area contributed by atoms with Crippen molar-refractivity contribution in [1.29, 1.82) is 0 Å². The highest BCUT2D eigenvalue weighted by atomic mass is 32.2. The fourth-order valence-electron chi connectivity index (χ4n) is 1.56. The van der Waals surface area contributed by atoms with E-state index in [9.17, 15) is 5.11 Å². The van der Waals surface area contributed by atoms with Crippen molar-refractivity contribution < 1.29 is 5.11 Å². The summed E-state index contributed by atoms with van der Waals surface area (Å²) in [6, 6.07) is 1.89. The van der Waals surface area contributed by atoms with E-state index in [0.717, 1.165) is 23.9 Å². The lowest BCUT2D eigenvalue weighted by atomic mass is 10.3. The van der Waals surface area contributed by atoms with Crippen LogP contribution in [0.15, 0.2) is 17.4 Å². The molecule has 0 spiro atoms. The summed E-state index contributed by atoms with van der Waals surface area (Å²) in [6.45, 7) is 1.57. The summed E-state index contributed by atoms with van der Waals surface area (Å²) in [5, 5.41) is 10.2. The van der Waals surface area contributed by atoms with Gasteiger partial charge >= 0.3 is 0 Å². The topological polar surface area (TPSA) is 49.2 Å². The lowest BCUT2D eigenvalue weighted by Crippen LogP contribution is -2.22. The molecule has 1 atom stereocenters. The SMILES string of the molecule is CSc1nccc(N2CCC(O)C2)n1. The van der Waals surface area contributed by atoms with Crippen LogP contribution >= 0.6 is 11.8 Å². The zero-order valence-corrected chi connectivity index (χ0v) is 8.87. The monoisotopic (exact) mass is 211 g/mol. The minimum absolute atomic E-state index is 0.206. The summed E-state index contributed by atoms with van der Waals surface area (Å²) >= 11 is 1.53. The molecule has 0 aromatic carbocycles. The van der Waals surface area contributed by atoms with Crippen LogP contribution in [0.5, 0.6) is 0 Å². The van der Waals surface area contributed by atoms with Crippen LogP contribution in [0.3, 0.4) is 0 Å². The third-order valence-corrected chi connectivity index (χ3v) is 2.85. The number of β-amino-alcohol motifs (C(OH)–C–C–N with tert-alkyl or cyclic N) is 1. The normalized spacial score (nSPS) is 21.6. The Morgan fingerprint density at radius 3 is 3.14 bits per heavy atom. The number of hydrogen-bond donors (Lipinski definition) is 1. The van der Waals surface area contributed by atoms with Crippen LogP contribution in [0.2, 0.25) is 0 Å². The van der Waals surface area contributed by atoms with Gasteiger partial charge in [-0.1, -0.05) is 11.8 Å². The standard InChI is InChI=1S/C9H13N3OS/c1-14-9-10-4-2-8(11-9)12-5-3-7(13)6-12/h2,4,7,13H,3,5-6H2,1H3. The summed E-state index contributed by atoms with van der Waals surface area (Å²) in [6.07, 6.45) is 4.35. The summed E-state index contributed by atoms with van der Waals surface area (Å²) in [5.74, 6) is 0.918. The highest BCUT2D eigenvalue weighted by molar-refractivity contribution is 7.98. The molecule has 5 heteroatoms. The van der Waals surface area contributed by atoms with Gasteiger partial charge in [-0.2, -0.15) is 0 Å². The Morgan fingerprint density at radius 2 is 2.50 bits per heavy atom. The van der Waals surface area contributed by atoms with E-state index >= 15 is 0 Å². The zero-order chi connectivity index (χ0) is 9.97. The third-order valence-electron chi connectivity index (χ3n) is 2.29. The Morgan fingerprint density at radius 1 is 1.64 bits per heavy atom. The second kappa shape index (κ2) is 4.14. The minimum Gasteiger partial charge on any atom is -0.391 e. The summed E-state index contributed by atoms with van der Waals surface area (Å²) < 4.78 is 0. The van der Waals surface area contributed by atoms with Crippen molar-refractivity contribution in [2.24, 2.45) is 0 Å². The first-order valence-corrected chi connectivity index (χ1v) is 5.82. The molecule has 2 heterocycles. The van der Waals surface area contributed by atoms with Gasteiger partial charge in [0.2, 0.25) is 0 Å². The van der Waals surface area contributed by atoms with Crippen molar-refractivity contribution in [3.8, 4) is 0 Å². The fourth-order valence-corrected chi connectivity index (χ4v) is 1.91.